The fraction of sp³-hybridized carbons (Fsp3) is 0.176. The summed E-state index contributed by atoms with van der Waals surface area (Å²) in [5, 5.41) is 11.8. The summed E-state index contributed by atoms with van der Waals surface area (Å²) in [6, 6.07) is 13.5. The molecule has 0 fully saturated rings. The van der Waals surface area contributed by atoms with Crippen molar-refractivity contribution in [1.82, 2.24) is 15.5 Å². The van der Waals surface area contributed by atoms with Crippen LogP contribution in [0.25, 0.3) is 10.6 Å². The number of thiophene rings is 1. The van der Waals surface area contributed by atoms with Crippen LogP contribution in [0, 0.1) is 0 Å². The number of ether oxygens (including phenoxy) is 1. The van der Waals surface area contributed by atoms with Crippen molar-refractivity contribution in [3.8, 4) is 16.3 Å². The van der Waals surface area contributed by atoms with Crippen LogP contribution in [0.2, 0.25) is 0 Å². The van der Waals surface area contributed by atoms with Crippen LogP contribution in [0.15, 0.2) is 47.8 Å². The highest BCUT2D eigenvalue weighted by Crippen LogP contribution is 2.22. The quantitative estimate of drug-likeness (QED) is 0.731. The fourth-order valence-corrected chi connectivity index (χ4v) is 2.89. The van der Waals surface area contributed by atoms with Crippen molar-refractivity contribution < 1.29 is 9.53 Å². The highest BCUT2D eigenvalue weighted by molar-refractivity contribution is 7.13. The number of H-pyrrole nitrogens is 1. The molecule has 5 nitrogen and oxygen atoms in total. The van der Waals surface area contributed by atoms with Crippen molar-refractivity contribution in [2.45, 2.75) is 6.42 Å². The minimum atomic E-state index is -0.169. The molecule has 0 spiro atoms. The summed E-state index contributed by atoms with van der Waals surface area (Å²) in [4.78, 5) is 13.2. The van der Waals surface area contributed by atoms with Gasteiger partial charge in [-0.2, -0.15) is 5.10 Å². The Bertz CT molecular complexity index is 764. The van der Waals surface area contributed by atoms with Crippen LogP contribution in [0.5, 0.6) is 5.75 Å². The highest BCUT2D eigenvalue weighted by atomic mass is 32.1. The molecule has 1 aromatic carbocycles. The third-order valence-corrected chi connectivity index (χ3v) is 4.36. The SMILES string of the molecule is COc1ccc(CCNC(=O)c2cc(-c3cccs3)[nH]n2)cc1. The van der Waals surface area contributed by atoms with Crippen molar-refractivity contribution in [3.63, 3.8) is 0 Å². The number of carbonyl (C=O) groups is 1. The number of hydrogen-bond acceptors (Lipinski definition) is 4. The van der Waals surface area contributed by atoms with Gasteiger partial charge in [0.2, 0.25) is 0 Å². The van der Waals surface area contributed by atoms with Gasteiger partial charge >= 0.3 is 0 Å². The van der Waals surface area contributed by atoms with E-state index in [2.05, 4.69) is 15.5 Å². The van der Waals surface area contributed by atoms with Crippen molar-refractivity contribution in [2.24, 2.45) is 0 Å². The average Bonchev–Trinajstić information content (AvgIpc) is 3.26. The van der Waals surface area contributed by atoms with E-state index in [9.17, 15) is 4.79 Å². The summed E-state index contributed by atoms with van der Waals surface area (Å²) in [6.45, 7) is 0.562. The lowest BCUT2D eigenvalue weighted by Crippen LogP contribution is -2.26. The summed E-state index contributed by atoms with van der Waals surface area (Å²) in [5.41, 5.74) is 2.41. The number of nitrogens with one attached hydrogen (secondary N) is 2. The Morgan fingerprint density at radius 3 is 2.83 bits per heavy atom. The topological polar surface area (TPSA) is 67.0 Å². The van der Waals surface area contributed by atoms with Crippen LogP contribution in [0.3, 0.4) is 0 Å². The van der Waals surface area contributed by atoms with Crippen molar-refractivity contribution >= 4 is 17.2 Å². The molecule has 0 saturated heterocycles. The maximum atomic E-state index is 12.1. The predicted molar refractivity (Wildman–Crippen MR) is 90.9 cm³/mol. The minimum Gasteiger partial charge on any atom is -0.497 e. The van der Waals surface area contributed by atoms with Gasteiger partial charge in [0.15, 0.2) is 5.69 Å². The van der Waals surface area contributed by atoms with Gasteiger partial charge in [0.1, 0.15) is 5.75 Å². The molecule has 1 amide bonds. The molecule has 0 saturated carbocycles. The van der Waals surface area contributed by atoms with E-state index in [0.717, 1.165) is 28.3 Å². The molecule has 0 unspecified atom stereocenters. The summed E-state index contributed by atoms with van der Waals surface area (Å²) < 4.78 is 5.12. The van der Waals surface area contributed by atoms with Crippen molar-refractivity contribution in [1.29, 1.82) is 0 Å². The van der Waals surface area contributed by atoms with Gasteiger partial charge in [-0.05, 0) is 41.6 Å². The molecule has 118 valence electrons. The summed E-state index contributed by atoms with van der Waals surface area (Å²) in [7, 11) is 1.64. The first-order valence-corrected chi connectivity index (χ1v) is 8.14. The number of nitrogens with zero attached hydrogens (tertiary/aromatic N) is 1. The number of benzene rings is 1. The van der Waals surface area contributed by atoms with Gasteiger partial charge in [-0.15, -0.1) is 11.3 Å². The Balaban J connectivity index is 1.53. The summed E-state index contributed by atoms with van der Waals surface area (Å²) >= 11 is 1.61. The number of hydrogen-bond donors (Lipinski definition) is 2. The lowest BCUT2D eigenvalue weighted by molar-refractivity contribution is 0.0949. The van der Waals surface area contributed by atoms with E-state index in [-0.39, 0.29) is 5.91 Å². The second kappa shape index (κ2) is 7.11. The second-order valence-corrected chi connectivity index (χ2v) is 5.95. The highest BCUT2D eigenvalue weighted by Gasteiger charge is 2.11. The molecule has 0 aliphatic rings. The Morgan fingerprint density at radius 2 is 2.13 bits per heavy atom. The number of rotatable bonds is 6. The van der Waals surface area contributed by atoms with Crippen molar-refractivity contribution in [3.05, 3.63) is 59.1 Å². The Kier molecular flexibility index (Phi) is 4.73. The van der Waals surface area contributed by atoms with E-state index in [4.69, 9.17) is 4.74 Å². The molecular weight excluding hydrogens is 310 g/mol. The number of amides is 1. The Morgan fingerprint density at radius 1 is 1.30 bits per heavy atom. The van der Waals surface area contributed by atoms with Gasteiger partial charge in [-0.25, -0.2) is 0 Å². The summed E-state index contributed by atoms with van der Waals surface area (Å²) in [6.07, 6.45) is 0.762. The van der Waals surface area contributed by atoms with Crippen LogP contribution in [-0.4, -0.2) is 29.8 Å². The van der Waals surface area contributed by atoms with Gasteiger partial charge in [-0.3, -0.25) is 9.89 Å². The molecule has 6 heteroatoms. The molecular formula is C17H17N3O2S. The summed E-state index contributed by atoms with van der Waals surface area (Å²) in [5.74, 6) is 0.660. The smallest absolute Gasteiger partial charge is 0.271 e. The van der Waals surface area contributed by atoms with Gasteiger partial charge < -0.3 is 10.1 Å². The van der Waals surface area contributed by atoms with E-state index < -0.39 is 0 Å². The normalized spacial score (nSPS) is 10.5. The predicted octanol–water partition coefficient (Wildman–Crippen LogP) is 3.12. The maximum Gasteiger partial charge on any atom is 0.271 e. The molecule has 0 aliphatic heterocycles. The van der Waals surface area contributed by atoms with Gasteiger partial charge in [-0.1, -0.05) is 18.2 Å². The zero-order valence-corrected chi connectivity index (χ0v) is 13.5. The molecule has 2 aromatic heterocycles. The third-order valence-electron chi connectivity index (χ3n) is 3.46. The molecule has 23 heavy (non-hydrogen) atoms. The van der Waals surface area contributed by atoms with Crippen LogP contribution < -0.4 is 10.1 Å². The first-order chi connectivity index (χ1) is 11.3. The lowest BCUT2D eigenvalue weighted by Gasteiger charge is -2.04. The van der Waals surface area contributed by atoms with E-state index in [1.807, 2.05) is 41.8 Å². The molecule has 2 N–H and O–H groups in total. The number of aromatic amines is 1. The Hall–Kier alpha value is -2.60. The van der Waals surface area contributed by atoms with Crippen LogP contribution in [0.4, 0.5) is 0 Å². The first kappa shape index (κ1) is 15.3. The second-order valence-electron chi connectivity index (χ2n) is 5.00. The minimum absolute atomic E-state index is 0.169. The zero-order chi connectivity index (χ0) is 16.1. The fourth-order valence-electron chi connectivity index (χ4n) is 2.20. The molecule has 3 aromatic rings. The van der Waals surface area contributed by atoms with E-state index in [1.54, 1.807) is 24.5 Å². The van der Waals surface area contributed by atoms with Crippen LogP contribution in [0.1, 0.15) is 16.1 Å². The van der Waals surface area contributed by atoms with E-state index >= 15 is 0 Å². The largest absolute Gasteiger partial charge is 0.497 e. The van der Waals surface area contributed by atoms with E-state index in [1.165, 1.54) is 0 Å². The van der Waals surface area contributed by atoms with Gasteiger partial charge in [0.25, 0.3) is 5.91 Å². The molecule has 0 radical (unpaired) electrons. The van der Waals surface area contributed by atoms with E-state index in [0.29, 0.717) is 12.2 Å². The average molecular weight is 327 g/mol. The third kappa shape index (κ3) is 3.78. The lowest BCUT2D eigenvalue weighted by atomic mass is 10.1. The molecule has 0 atom stereocenters. The standard InChI is InChI=1S/C17H17N3O2S/c1-22-13-6-4-12(5-7-13)8-9-18-17(21)15-11-14(19-20-15)16-3-2-10-23-16/h2-7,10-11H,8-9H2,1H3,(H,18,21)(H,19,20). The molecule has 0 bridgehead atoms. The Labute approximate surface area is 138 Å². The van der Waals surface area contributed by atoms with Gasteiger partial charge in [0, 0.05) is 6.54 Å². The molecule has 2 heterocycles. The number of carbonyl (C=O) groups excluding carboxylic acids is 1. The van der Waals surface area contributed by atoms with Crippen LogP contribution in [-0.2, 0) is 6.42 Å². The first-order valence-electron chi connectivity index (χ1n) is 7.26. The van der Waals surface area contributed by atoms with Crippen molar-refractivity contribution in [2.75, 3.05) is 13.7 Å². The maximum absolute atomic E-state index is 12.1. The zero-order valence-electron chi connectivity index (χ0n) is 12.7. The van der Waals surface area contributed by atoms with Crippen LogP contribution >= 0.6 is 11.3 Å². The number of aromatic nitrogens is 2. The number of methoxy groups -OCH3 is 1. The monoisotopic (exact) mass is 327 g/mol. The van der Waals surface area contributed by atoms with Gasteiger partial charge in [0.05, 0.1) is 17.7 Å². The molecule has 0 aliphatic carbocycles. The molecule has 3 rings (SSSR count).